The Hall–Kier alpha value is -1.08. The van der Waals surface area contributed by atoms with Crippen molar-refractivity contribution in [3.8, 4) is 0 Å². The molecule has 0 saturated heterocycles. The topological polar surface area (TPSA) is 104 Å². The number of hydrogen-bond donors (Lipinski definition) is 4. The van der Waals surface area contributed by atoms with Crippen LogP contribution in [0.5, 0.6) is 0 Å². The minimum Gasteiger partial charge on any atom is -0.398 e. The molecule has 0 aliphatic carbocycles. The molecule has 4 nitrogen and oxygen atoms in total. The Morgan fingerprint density at radius 3 is 1.19 bits per heavy atom. The lowest BCUT2D eigenvalue weighted by Gasteiger charge is -2.17. The van der Waals surface area contributed by atoms with E-state index in [1.54, 1.807) is 12.1 Å². The van der Waals surface area contributed by atoms with Crippen LogP contribution in [0.3, 0.4) is 0 Å². The monoisotopic (exact) mass is 258 g/mol. The van der Waals surface area contributed by atoms with E-state index in [0.717, 1.165) is 0 Å². The van der Waals surface area contributed by atoms with Crippen LogP contribution in [0.15, 0.2) is 21.9 Å². The molecule has 1 aromatic rings. The summed E-state index contributed by atoms with van der Waals surface area (Å²) < 4.78 is 0. The molecule has 0 aliphatic rings. The highest BCUT2D eigenvalue weighted by atomic mass is 32.2. The van der Waals surface area contributed by atoms with Crippen LogP contribution in [-0.2, 0) is 0 Å². The number of anilines is 2. The summed E-state index contributed by atoms with van der Waals surface area (Å²) in [4.78, 5) is 1.33. The van der Waals surface area contributed by atoms with Crippen molar-refractivity contribution in [1.82, 2.24) is 0 Å². The van der Waals surface area contributed by atoms with Gasteiger partial charge in [-0.3, -0.25) is 10.3 Å². The lowest BCUT2D eigenvalue weighted by Crippen LogP contribution is -2.04. The van der Waals surface area contributed by atoms with Gasteiger partial charge in [-0.25, -0.2) is 0 Å². The zero-order chi connectivity index (χ0) is 12.7. The Balaban J connectivity index is 3.65. The van der Waals surface area contributed by atoms with Crippen LogP contribution < -0.4 is 21.7 Å². The van der Waals surface area contributed by atoms with Crippen molar-refractivity contribution in [1.29, 1.82) is 0 Å². The third kappa shape index (κ3) is 2.53. The number of nitrogen functional groups attached to an aromatic ring is 2. The Morgan fingerprint density at radius 2 is 1.00 bits per heavy atom. The SMILES string of the molecule is C=S(=C)(N)c1cc(N)c(S(=C)(=C)N)cc1N. The largest absolute Gasteiger partial charge is 0.398 e. The highest BCUT2D eigenvalue weighted by Crippen LogP contribution is 2.39. The van der Waals surface area contributed by atoms with Crippen LogP contribution in [-0.4, -0.2) is 23.5 Å². The van der Waals surface area contributed by atoms with Crippen molar-refractivity contribution in [3.63, 3.8) is 0 Å². The molecule has 1 rings (SSSR count). The van der Waals surface area contributed by atoms with Crippen LogP contribution >= 0.6 is 18.8 Å². The number of hydrogen-bond acceptors (Lipinski definition) is 4. The maximum Gasteiger partial charge on any atom is 0.0467 e. The molecule has 8 N–H and O–H groups in total. The van der Waals surface area contributed by atoms with Gasteiger partial charge in [0.2, 0.25) is 0 Å². The molecule has 0 spiro atoms. The Bertz CT molecular complexity index is 567. The van der Waals surface area contributed by atoms with Crippen molar-refractivity contribution in [3.05, 3.63) is 12.1 Å². The van der Waals surface area contributed by atoms with E-state index < -0.39 is 18.8 Å². The molecule has 0 saturated carbocycles. The second kappa shape index (κ2) is 3.74. The quantitative estimate of drug-likeness (QED) is 0.462. The van der Waals surface area contributed by atoms with Gasteiger partial charge in [-0.1, -0.05) is 23.5 Å². The summed E-state index contributed by atoms with van der Waals surface area (Å²) in [5, 5.41) is 11.7. The second-order valence-electron chi connectivity index (χ2n) is 3.82. The van der Waals surface area contributed by atoms with Crippen molar-refractivity contribution in [2.75, 3.05) is 11.5 Å². The fourth-order valence-electron chi connectivity index (χ4n) is 1.30. The minimum absolute atomic E-state index is 0.487. The van der Waals surface area contributed by atoms with Crippen LogP contribution in [0.25, 0.3) is 0 Å². The van der Waals surface area contributed by atoms with Crippen LogP contribution in [0.1, 0.15) is 0 Å². The zero-order valence-electron chi connectivity index (χ0n) is 9.11. The van der Waals surface area contributed by atoms with Gasteiger partial charge in [0, 0.05) is 21.2 Å². The van der Waals surface area contributed by atoms with E-state index in [-0.39, 0.29) is 0 Å². The maximum absolute atomic E-state index is 5.88. The van der Waals surface area contributed by atoms with E-state index in [0.29, 0.717) is 21.2 Å². The zero-order valence-corrected chi connectivity index (χ0v) is 10.7. The van der Waals surface area contributed by atoms with Crippen molar-refractivity contribution < 1.29 is 0 Å². The van der Waals surface area contributed by atoms with E-state index >= 15 is 0 Å². The molecule has 0 fully saturated rings. The van der Waals surface area contributed by atoms with Gasteiger partial charge >= 0.3 is 0 Å². The highest BCUT2D eigenvalue weighted by Gasteiger charge is 2.09. The molecule has 0 bridgehead atoms. The van der Waals surface area contributed by atoms with E-state index in [1.165, 1.54) is 0 Å². The first kappa shape index (κ1) is 13.0. The normalized spacial score (nSPS) is 12.6. The lowest BCUT2D eigenvalue weighted by atomic mass is 10.3. The summed E-state index contributed by atoms with van der Waals surface area (Å²) >= 11 is 0. The average molecular weight is 258 g/mol. The standard InChI is InChI=1S/C10H18N4S2/c1-15(2,13)9-5-8(12)10(6-7(9)11)16(3,4)14/h5-6H,1-4,11-14H2. The molecule has 0 radical (unpaired) electrons. The predicted molar refractivity (Wildman–Crippen MR) is 83.8 cm³/mol. The van der Waals surface area contributed by atoms with Gasteiger partial charge < -0.3 is 11.5 Å². The highest BCUT2D eigenvalue weighted by molar-refractivity contribution is 8.26. The fourth-order valence-corrected chi connectivity index (χ4v) is 3.08. The summed E-state index contributed by atoms with van der Waals surface area (Å²) in [5.41, 5.74) is 12.7. The van der Waals surface area contributed by atoms with Gasteiger partial charge in [-0.15, -0.1) is 18.8 Å². The predicted octanol–water partition coefficient (Wildman–Crippen LogP) is 0.653. The van der Waals surface area contributed by atoms with Gasteiger partial charge in [0.05, 0.1) is 0 Å². The number of rotatable bonds is 2. The first-order valence-corrected chi connectivity index (χ1v) is 8.34. The maximum atomic E-state index is 5.88. The Kier molecular flexibility index (Phi) is 3.04. The third-order valence-corrected chi connectivity index (χ3v) is 4.48. The summed E-state index contributed by atoms with van der Waals surface area (Å²) in [7, 11) is -3.79. The average Bonchev–Trinajstić information content (AvgIpc) is 2.04. The van der Waals surface area contributed by atoms with Crippen LogP contribution in [0.4, 0.5) is 11.4 Å². The fraction of sp³-hybridized carbons (Fsp3) is 0. The molecule has 0 amide bonds. The first-order valence-electron chi connectivity index (χ1n) is 4.27. The van der Waals surface area contributed by atoms with Gasteiger partial charge in [-0.2, -0.15) is 0 Å². The van der Waals surface area contributed by atoms with Gasteiger partial charge in [0.1, 0.15) is 0 Å². The van der Waals surface area contributed by atoms with Crippen molar-refractivity contribution >= 4 is 53.6 Å². The van der Waals surface area contributed by atoms with E-state index in [1.807, 2.05) is 0 Å². The smallest absolute Gasteiger partial charge is 0.0467 e. The van der Waals surface area contributed by atoms with Crippen LogP contribution in [0.2, 0.25) is 0 Å². The molecule has 6 heteroatoms. The molecule has 0 heterocycles. The summed E-state index contributed by atoms with van der Waals surface area (Å²) in [6, 6.07) is 3.34. The lowest BCUT2D eigenvalue weighted by molar-refractivity contribution is 1.36. The van der Waals surface area contributed by atoms with Crippen LogP contribution in [0, 0.1) is 0 Å². The van der Waals surface area contributed by atoms with Gasteiger partial charge in [-0.05, 0) is 12.1 Å². The molecular weight excluding hydrogens is 240 g/mol. The first-order chi connectivity index (χ1) is 7.03. The van der Waals surface area contributed by atoms with E-state index in [2.05, 4.69) is 23.5 Å². The second-order valence-corrected chi connectivity index (χ2v) is 8.47. The number of nitrogens with two attached hydrogens (primary N) is 4. The Labute approximate surface area is 97.5 Å². The third-order valence-electron chi connectivity index (χ3n) is 2.02. The summed E-state index contributed by atoms with van der Waals surface area (Å²) in [6.07, 6.45) is 0. The number of benzene rings is 1. The van der Waals surface area contributed by atoms with Crippen molar-refractivity contribution in [2.45, 2.75) is 9.79 Å². The molecule has 16 heavy (non-hydrogen) atoms. The van der Waals surface area contributed by atoms with E-state index in [9.17, 15) is 0 Å². The molecule has 0 aliphatic heterocycles. The molecule has 0 unspecified atom stereocenters. The minimum atomic E-state index is -1.90. The Morgan fingerprint density at radius 1 is 0.750 bits per heavy atom. The molecule has 1 aromatic carbocycles. The molecule has 0 aromatic heterocycles. The summed E-state index contributed by atoms with van der Waals surface area (Å²) in [6.45, 7) is 0. The molecule has 90 valence electrons. The summed E-state index contributed by atoms with van der Waals surface area (Å²) in [5.74, 6) is 15.2. The molecular formula is C10H18N4S2. The molecule has 0 atom stereocenters. The van der Waals surface area contributed by atoms with Crippen molar-refractivity contribution in [2.24, 2.45) is 10.3 Å². The van der Waals surface area contributed by atoms with Gasteiger partial charge in [0.15, 0.2) is 0 Å². The van der Waals surface area contributed by atoms with Gasteiger partial charge in [0.25, 0.3) is 0 Å². The van der Waals surface area contributed by atoms with E-state index in [4.69, 9.17) is 21.7 Å².